The number of H-pyrrole nitrogens is 1. The van der Waals surface area contributed by atoms with E-state index in [1.165, 1.54) is 18.2 Å². The van der Waals surface area contributed by atoms with Gasteiger partial charge in [0.25, 0.3) is 11.8 Å². The van der Waals surface area contributed by atoms with Gasteiger partial charge in [0.05, 0.1) is 34.1 Å². The monoisotopic (exact) mass is 424 g/mol. The summed E-state index contributed by atoms with van der Waals surface area (Å²) in [5, 5.41) is 24.4. The van der Waals surface area contributed by atoms with E-state index in [0.717, 1.165) is 0 Å². The molecule has 2 amide bonds. The summed E-state index contributed by atoms with van der Waals surface area (Å²) in [5.74, 6) is -2.11. The zero-order valence-electron chi connectivity index (χ0n) is 16.5. The van der Waals surface area contributed by atoms with E-state index in [2.05, 4.69) is 15.6 Å². The average molecular weight is 424 g/mol. The number of benzene rings is 3. The van der Waals surface area contributed by atoms with E-state index >= 15 is 0 Å². The first kappa shape index (κ1) is 20.4. The maximum atomic E-state index is 12.8. The standard InChI is InChI=1S/C24H16N4O4/c25-13-14-9-10-18(17(11-14)24(31)32)27-23(30)20-12-16-7-4-8-19(21(16)26-20)28-22(29)15-5-2-1-3-6-15/h1-12,26H,(H,27,30)(H,28,29)(H,31,32). The first-order valence-corrected chi connectivity index (χ1v) is 9.53. The maximum absolute atomic E-state index is 12.8. The Bertz CT molecular complexity index is 1400. The Hall–Kier alpha value is -4.90. The predicted molar refractivity (Wildman–Crippen MR) is 119 cm³/mol. The molecule has 3 aromatic carbocycles. The lowest BCUT2D eigenvalue weighted by Gasteiger charge is -2.08. The number of hydrogen-bond acceptors (Lipinski definition) is 4. The van der Waals surface area contributed by atoms with E-state index in [0.29, 0.717) is 22.2 Å². The number of fused-ring (bicyclic) bond motifs is 1. The Balaban J connectivity index is 1.62. The van der Waals surface area contributed by atoms with Gasteiger partial charge in [-0.15, -0.1) is 0 Å². The summed E-state index contributed by atoms with van der Waals surface area (Å²) >= 11 is 0. The van der Waals surface area contributed by atoms with Crippen LogP contribution in [-0.2, 0) is 0 Å². The van der Waals surface area contributed by atoms with Gasteiger partial charge in [0.15, 0.2) is 0 Å². The Morgan fingerprint density at radius 2 is 1.59 bits per heavy atom. The van der Waals surface area contributed by atoms with Gasteiger partial charge >= 0.3 is 5.97 Å². The highest BCUT2D eigenvalue weighted by Crippen LogP contribution is 2.25. The van der Waals surface area contributed by atoms with Crippen LogP contribution in [0.15, 0.2) is 72.8 Å². The molecule has 0 saturated heterocycles. The Morgan fingerprint density at radius 3 is 2.31 bits per heavy atom. The molecule has 0 aliphatic carbocycles. The molecule has 32 heavy (non-hydrogen) atoms. The molecule has 0 radical (unpaired) electrons. The third kappa shape index (κ3) is 4.04. The number of nitrogens with zero attached hydrogens (tertiary/aromatic N) is 1. The van der Waals surface area contributed by atoms with Crippen molar-refractivity contribution in [3.8, 4) is 6.07 Å². The molecule has 0 spiro atoms. The lowest BCUT2D eigenvalue weighted by Crippen LogP contribution is -2.15. The van der Waals surface area contributed by atoms with Crippen LogP contribution in [0.4, 0.5) is 11.4 Å². The molecular formula is C24H16N4O4. The van der Waals surface area contributed by atoms with Crippen molar-refractivity contribution in [2.24, 2.45) is 0 Å². The second kappa shape index (κ2) is 8.45. The van der Waals surface area contributed by atoms with E-state index in [1.54, 1.807) is 48.5 Å². The van der Waals surface area contributed by atoms with E-state index in [4.69, 9.17) is 5.26 Å². The van der Waals surface area contributed by atoms with Crippen molar-refractivity contribution in [1.29, 1.82) is 5.26 Å². The van der Waals surface area contributed by atoms with E-state index in [1.807, 2.05) is 12.1 Å². The molecule has 0 aliphatic heterocycles. The fourth-order valence-corrected chi connectivity index (χ4v) is 3.26. The molecule has 0 atom stereocenters. The maximum Gasteiger partial charge on any atom is 0.337 e. The van der Waals surface area contributed by atoms with Crippen LogP contribution >= 0.6 is 0 Å². The third-order valence-corrected chi connectivity index (χ3v) is 4.81. The van der Waals surface area contributed by atoms with E-state index in [-0.39, 0.29) is 28.4 Å². The van der Waals surface area contributed by atoms with Crippen LogP contribution in [0.3, 0.4) is 0 Å². The van der Waals surface area contributed by atoms with Gasteiger partial charge in [0, 0.05) is 10.9 Å². The second-order valence-electron chi connectivity index (χ2n) is 6.90. The van der Waals surface area contributed by atoms with Gasteiger partial charge in [-0.05, 0) is 42.5 Å². The van der Waals surface area contributed by atoms with Crippen LogP contribution in [0.25, 0.3) is 10.9 Å². The predicted octanol–water partition coefficient (Wildman–Crippen LogP) is 4.24. The zero-order valence-corrected chi connectivity index (χ0v) is 16.5. The largest absolute Gasteiger partial charge is 0.478 e. The van der Waals surface area contributed by atoms with Gasteiger partial charge in [0.1, 0.15) is 5.69 Å². The number of para-hydroxylation sites is 1. The molecule has 0 aliphatic rings. The van der Waals surface area contributed by atoms with Crippen molar-refractivity contribution in [2.75, 3.05) is 10.6 Å². The van der Waals surface area contributed by atoms with E-state index < -0.39 is 11.9 Å². The molecule has 4 N–H and O–H groups in total. The van der Waals surface area contributed by atoms with Gasteiger partial charge in [-0.3, -0.25) is 9.59 Å². The lowest BCUT2D eigenvalue weighted by molar-refractivity contribution is 0.0697. The molecule has 8 nitrogen and oxygen atoms in total. The quantitative estimate of drug-likeness (QED) is 0.380. The number of nitriles is 1. The number of aromatic amines is 1. The van der Waals surface area contributed by atoms with Crippen LogP contribution in [0, 0.1) is 11.3 Å². The first-order chi connectivity index (χ1) is 15.5. The normalized spacial score (nSPS) is 10.3. The summed E-state index contributed by atoms with van der Waals surface area (Å²) in [4.78, 5) is 39.8. The van der Waals surface area contributed by atoms with E-state index in [9.17, 15) is 19.5 Å². The number of carboxylic acids is 1. The Kier molecular flexibility index (Phi) is 5.38. The molecule has 8 heteroatoms. The van der Waals surface area contributed by atoms with Crippen molar-refractivity contribution in [3.05, 3.63) is 95.2 Å². The number of carbonyl (C=O) groups is 3. The minimum atomic E-state index is -1.26. The summed E-state index contributed by atoms with van der Waals surface area (Å²) in [6.07, 6.45) is 0. The Morgan fingerprint density at radius 1 is 0.844 bits per heavy atom. The topological polar surface area (TPSA) is 135 Å². The smallest absolute Gasteiger partial charge is 0.337 e. The molecule has 0 saturated carbocycles. The molecule has 4 rings (SSSR count). The van der Waals surface area contributed by atoms with Crippen LogP contribution in [0.2, 0.25) is 0 Å². The van der Waals surface area contributed by atoms with Gasteiger partial charge in [-0.2, -0.15) is 5.26 Å². The average Bonchev–Trinajstić information content (AvgIpc) is 3.25. The van der Waals surface area contributed by atoms with Crippen molar-refractivity contribution >= 4 is 40.1 Å². The number of aromatic carboxylic acids is 1. The fraction of sp³-hybridized carbons (Fsp3) is 0. The lowest BCUT2D eigenvalue weighted by atomic mass is 10.1. The molecule has 1 aromatic heterocycles. The number of nitrogens with one attached hydrogen (secondary N) is 3. The third-order valence-electron chi connectivity index (χ3n) is 4.81. The molecule has 0 fully saturated rings. The highest BCUT2D eigenvalue weighted by Gasteiger charge is 2.17. The number of hydrogen-bond donors (Lipinski definition) is 4. The number of carbonyl (C=O) groups excluding carboxylic acids is 2. The number of amides is 2. The summed E-state index contributed by atoms with van der Waals surface area (Å²) in [5.41, 5.74) is 1.78. The number of rotatable bonds is 5. The molecule has 156 valence electrons. The van der Waals surface area contributed by atoms with Crippen LogP contribution < -0.4 is 10.6 Å². The second-order valence-corrected chi connectivity index (χ2v) is 6.90. The zero-order chi connectivity index (χ0) is 22.7. The van der Waals surface area contributed by atoms with Crippen LogP contribution in [0.5, 0.6) is 0 Å². The Labute approximate surface area is 182 Å². The number of carboxylic acid groups (broad SMARTS) is 1. The van der Waals surface area contributed by atoms with Gasteiger partial charge < -0.3 is 20.7 Å². The van der Waals surface area contributed by atoms with Crippen molar-refractivity contribution in [1.82, 2.24) is 4.98 Å². The number of anilines is 2. The van der Waals surface area contributed by atoms with Crippen molar-refractivity contribution in [3.63, 3.8) is 0 Å². The summed E-state index contributed by atoms with van der Waals surface area (Å²) in [6, 6.07) is 21.4. The van der Waals surface area contributed by atoms with Gasteiger partial charge in [-0.1, -0.05) is 30.3 Å². The SMILES string of the molecule is N#Cc1ccc(NC(=O)c2cc3cccc(NC(=O)c4ccccc4)c3[nH]2)c(C(=O)O)c1. The molecule has 0 unspecified atom stereocenters. The van der Waals surface area contributed by atoms with Gasteiger partial charge in [-0.25, -0.2) is 4.79 Å². The van der Waals surface area contributed by atoms with Crippen LogP contribution in [0.1, 0.15) is 36.8 Å². The highest BCUT2D eigenvalue weighted by molar-refractivity contribution is 6.12. The van der Waals surface area contributed by atoms with Gasteiger partial charge in [0.2, 0.25) is 0 Å². The molecule has 1 heterocycles. The highest BCUT2D eigenvalue weighted by atomic mass is 16.4. The number of aromatic nitrogens is 1. The summed E-state index contributed by atoms with van der Waals surface area (Å²) < 4.78 is 0. The molecule has 0 bridgehead atoms. The first-order valence-electron chi connectivity index (χ1n) is 9.53. The summed E-state index contributed by atoms with van der Waals surface area (Å²) in [7, 11) is 0. The summed E-state index contributed by atoms with van der Waals surface area (Å²) in [6.45, 7) is 0. The van der Waals surface area contributed by atoms with Crippen molar-refractivity contribution in [2.45, 2.75) is 0 Å². The van der Waals surface area contributed by atoms with Crippen molar-refractivity contribution < 1.29 is 19.5 Å². The molecule has 4 aromatic rings. The fourth-order valence-electron chi connectivity index (χ4n) is 3.26. The van der Waals surface area contributed by atoms with Crippen LogP contribution in [-0.4, -0.2) is 27.9 Å². The minimum Gasteiger partial charge on any atom is -0.478 e. The molecular weight excluding hydrogens is 408 g/mol. The minimum absolute atomic E-state index is 0.0674.